The molecule has 0 saturated carbocycles. The molecule has 1 nitrogen and oxygen atoms in total. The molecule has 0 aliphatic heterocycles. The molecule has 1 N–H and O–H groups in total. The number of rotatable bonds is 5. The molecule has 0 aliphatic rings. The summed E-state index contributed by atoms with van der Waals surface area (Å²) < 4.78 is 2.39. The SMILES string of the molecule is CCNC(Cc1ccsc1)c1cc(Br)sc1Br. The van der Waals surface area contributed by atoms with Gasteiger partial charge in [-0.05, 0) is 78.8 Å². The van der Waals surface area contributed by atoms with Crippen LogP contribution in [0.3, 0.4) is 0 Å². The Kier molecular flexibility index (Phi) is 5.24. The minimum Gasteiger partial charge on any atom is -0.310 e. The van der Waals surface area contributed by atoms with Gasteiger partial charge in [-0.15, -0.1) is 11.3 Å². The maximum absolute atomic E-state index is 3.64. The Morgan fingerprint density at radius 2 is 2.24 bits per heavy atom. The van der Waals surface area contributed by atoms with Crippen LogP contribution in [0.2, 0.25) is 0 Å². The lowest BCUT2D eigenvalue weighted by molar-refractivity contribution is 0.550. The van der Waals surface area contributed by atoms with Gasteiger partial charge >= 0.3 is 0 Å². The fourth-order valence-corrected chi connectivity index (χ4v) is 5.43. The number of thiophene rings is 2. The molecule has 0 radical (unpaired) electrons. The lowest BCUT2D eigenvalue weighted by atomic mass is 10.0. The van der Waals surface area contributed by atoms with Crippen LogP contribution in [0, 0.1) is 0 Å². The topological polar surface area (TPSA) is 12.0 Å². The van der Waals surface area contributed by atoms with E-state index in [-0.39, 0.29) is 0 Å². The molecule has 1 atom stereocenters. The van der Waals surface area contributed by atoms with E-state index in [2.05, 4.69) is 67.0 Å². The van der Waals surface area contributed by atoms with Crippen molar-refractivity contribution in [3.63, 3.8) is 0 Å². The Labute approximate surface area is 127 Å². The molecule has 0 aromatic carbocycles. The molecule has 2 aromatic heterocycles. The minimum absolute atomic E-state index is 0.381. The number of halogens is 2. The maximum Gasteiger partial charge on any atom is 0.0758 e. The highest BCUT2D eigenvalue weighted by Gasteiger charge is 2.17. The molecule has 2 rings (SSSR count). The number of hydrogen-bond acceptors (Lipinski definition) is 3. The van der Waals surface area contributed by atoms with Crippen LogP contribution in [0.4, 0.5) is 0 Å². The summed E-state index contributed by atoms with van der Waals surface area (Å²) >= 11 is 10.7. The molecule has 0 spiro atoms. The van der Waals surface area contributed by atoms with Gasteiger partial charge in [-0.3, -0.25) is 0 Å². The first kappa shape index (κ1) is 13.7. The summed E-state index contributed by atoms with van der Waals surface area (Å²) in [5.74, 6) is 0. The smallest absolute Gasteiger partial charge is 0.0758 e. The van der Waals surface area contributed by atoms with Crippen LogP contribution in [0.15, 0.2) is 30.5 Å². The fourth-order valence-electron chi connectivity index (χ4n) is 1.77. The second kappa shape index (κ2) is 6.48. The average molecular weight is 395 g/mol. The molecule has 2 heterocycles. The quantitative estimate of drug-likeness (QED) is 0.732. The number of nitrogens with one attached hydrogen (secondary N) is 1. The van der Waals surface area contributed by atoms with E-state index in [1.807, 2.05) is 0 Å². The summed E-state index contributed by atoms with van der Waals surface area (Å²) in [6, 6.07) is 4.78. The zero-order chi connectivity index (χ0) is 12.3. The zero-order valence-electron chi connectivity index (χ0n) is 9.37. The van der Waals surface area contributed by atoms with Crippen molar-refractivity contribution in [1.82, 2.24) is 5.32 Å². The third-order valence-electron chi connectivity index (χ3n) is 2.53. The van der Waals surface area contributed by atoms with Crippen LogP contribution in [0.1, 0.15) is 24.1 Å². The lowest BCUT2D eigenvalue weighted by Crippen LogP contribution is -2.22. The molecule has 17 heavy (non-hydrogen) atoms. The molecule has 92 valence electrons. The van der Waals surface area contributed by atoms with E-state index in [9.17, 15) is 0 Å². The van der Waals surface area contributed by atoms with Gasteiger partial charge in [0.25, 0.3) is 0 Å². The molecule has 0 bridgehead atoms. The molecule has 5 heteroatoms. The maximum atomic E-state index is 3.64. The summed E-state index contributed by atoms with van der Waals surface area (Å²) in [7, 11) is 0. The summed E-state index contributed by atoms with van der Waals surface area (Å²) in [5.41, 5.74) is 2.74. The molecule has 0 amide bonds. The van der Waals surface area contributed by atoms with E-state index in [0.717, 1.165) is 13.0 Å². The minimum atomic E-state index is 0.381. The predicted molar refractivity (Wildman–Crippen MR) is 84.2 cm³/mol. The predicted octanol–water partition coefficient (Wildman–Crippen LogP) is 5.23. The van der Waals surface area contributed by atoms with Gasteiger partial charge in [-0.25, -0.2) is 0 Å². The van der Waals surface area contributed by atoms with Crippen LogP contribution >= 0.6 is 54.5 Å². The van der Waals surface area contributed by atoms with Crippen molar-refractivity contribution in [1.29, 1.82) is 0 Å². The third kappa shape index (κ3) is 3.64. The Hall–Kier alpha value is 0.320. The number of likely N-dealkylation sites (N-methyl/N-ethyl adjacent to an activating group) is 1. The largest absolute Gasteiger partial charge is 0.310 e. The highest BCUT2D eigenvalue weighted by atomic mass is 79.9. The van der Waals surface area contributed by atoms with Crippen molar-refractivity contribution in [2.24, 2.45) is 0 Å². The summed E-state index contributed by atoms with van der Waals surface area (Å²) in [4.78, 5) is 0. The summed E-state index contributed by atoms with van der Waals surface area (Å²) in [5, 5.41) is 7.91. The van der Waals surface area contributed by atoms with E-state index in [1.54, 1.807) is 22.7 Å². The van der Waals surface area contributed by atoms with Crippen molar-refractivity contribution in [3.05, 3.63) is 41.6 Å². The second-order valence-electron chi connectivity index (χ2n) is 3.73. The molecule has 1 unspecified atom stereocenters. The van der Waals surface area contributed by atoms with Gasteiger partial charge in [-0.2, -0.15) is 11.3 Å². The summed E-state index contributed by atoms with van der Waals surface area (Å²) in [6.07, 6.45) is 1.04. The molecule has 0 fully saturated rings. The van der Waals surface area contributed by atoms with Crippen molar-refractivity contribution in [2.45, 2.75) is 19.4 Å². The van der Waals surface area contributed by atoms with E-state index >= 15 is 0 Å². The monoisotopic (exact) mass is 393 g/mol. The van der Waals surface area contributed by atoms with Gasteiger partial charge in [0, 0.05) is 6.04 Å². The molecular weight excluding hydrogens is 382 g/mol. The van der Waals surface area contributed by atoms with Gasteiger partial charge in [0.2, 0.25) is 0 Å². The Balaban J connectivity index is 2.19. The van der Waals surface area contributed by atoms with Gasteiger partial charge in [0.05, 0.1) is 7.57 Å². The summed E-state index contributed by atoms with van der Waals surface area (Å²) in [6.45, 7) is 3.13. The van der Waals surface area contributed by atoms with Crippen LogP contribution < -0.4 is 5.32 Å². The normalized spacial score (nSPS) is 12.9. The molecule has 0 aliphatic carbocycles. The average Bonchev–Trinajstić information content (AvgIpc) is 2.88. The van der Waals surface area contributed by atoms with Crippen molar-refractivity contribution in [3.8, 4) is 0 Å². The van der Waals surface area contributed by atoms with Crippen LogP contribution in [-0.4, -0.2) is 6.54 Å². The molecule has 2 aromatic rings. The molecule has 0 saturated heterocycles. The second-order valence-corrected chi connectivity index (χ2v) is 8.25. The van der Waals surface area contributed by atoms with E-state index in [1.165, 1.54) is 18.7 Å². The Morgan fingerprint density at radius 3 is 2.76 bits per heavy atom. The first-order chi connectivity index (χ1) is 8.20. The third-order valence-corrected chi connectivity index (χ3v) is 5.65. The van der Waals surface area contributed by atoms with Crippen molar-refractivity contribution < 1.29 is 0 Å². The van der Waals surface area contributed by atoms with Gasteiger partial charge < -0.3 is 5.32 Å². The van der Waals surface area contributed by atoms with Gasteiger partial charge in [0.1, 0.15) is 0 Å². The van der Waals surface area contributed by atoms with E-state index in [0.29, 0.717) is 6.04 Å². The lowest BCUT2D eigenvalue weighted by Gasteiger charge is -2.17. The van der Waals surface area contributed by atoms with Gasteiger partial charge in [0.15, 0.2) is 0 Å². The Morgan fingerprint density at radius 1 is 1.41 bits per heavy atom. The molecular formula is C12H13Br2NS2. The van der Waals surface area contributed by atoms with Crippen molar-refractivity contribution >= 4 is 54.5 Å². The van der Waals surface area contributed by atoms with Crippen LogP contribution in [0.5, 0.6) is 0 Å². The zero-order valence-corrected chi connectivity index (χ0v) is 14.2. The van der Waals surface area contributed by atoms with Crippen molar-refractivity contribution in [2.75, 3.05) is 6.54 Å². The number of hydrogen-bond donors (Lipinski definition) is 1. The first-order valence-electron chi connectivity index (χ1n) is 5.40. The van der Waals surface area contributed by atoms with Gasteiger partial charge in [-0.1, -0.05) is 6.92 Å². The van der Waals surface area contributed by atoms with Crippen LogP contribution in [0.25, 0.3) is 0 Å². The highest BCUT2D eigenvalue weighted by molar-refractivity contribution is 9.12. The standard InChI is InChI=1S/C12H13Br2NS2/c1-2-15-10(5-8-3-4-16-7-8)9-6-11(13)17-12(9)14/h3-4,6-7,10,15H,2,5H2,1H3. The Bertz CT molecular complexity index is 465. The first-order valence-corrected chi connectivity index (χ1v) is 8.74. The highest BCUT2D eigenvalue weighted by Crippen LogP contribution is 2.36. The fraction of sp³-hybridized carbons (Fsp3) is 0.333. The van der Waals surface area contributed by atoms with E-state index in [4.69, 9.17) is 0 Å². The van der Waals surface area contributed by atoms with Crippen LogP contribution in [-0.2, 0) is 6.42 Å². The van der Waals surface area contributed by atoms with E-state index < -0.39 is 0 Å².